The SMILES string of the molecule is CN1C(=O)c2ccc(C(=O)N3C[C@@H](CN)[C@H](c4ccccc4)C3)cc2C1=O. The van der Waals surface area contributed by atoms with Crippen molar-refractivity contribution in [1.82, 2.24) is 9.80 Å². The molecule has 0 radical (unpaired) electrons. The summed E-state index contributed by atoms with van der Waals surface area (Å²) in [6.45, 7) is 1.68. The van der Waals surface area contributed by atoms with E-state index in [1.54, 1.807) is 17.0 Å². The van der Waals surface area contributed by atoms with E-state index in [-0.39, 0.29) is 29.6 Å². The Morgan fingerprint density at radius 1 is 1.04 bits per heavy atom. The minimum absolute atomic E-state index is 0.135. The van der Waals surface area contributed by atoms with Gasteiger partial charge in [-0.1, -0.05) is 30.3 Å². The van der Waals surface area contributed by atoms with Gasteiger partial charge in [-0.3, -0.25) is 19.3 Å². The highest BCUT2D eigenvalue weighted by molar-refractivity contribution is 6.21. The van der Waals surface area contributed by atoms with Crippen LogP contribution in [0.25, 0.3) is 0 Å². The fraction of sp³-hybridized carbons (Fsp3) is 0.286. The summed E-state index contributed by atoms with van der Waals surface area (Å²) in [6, 6.07) is 14.8. The van der Waals surface area contributed by atoms with Crippen LogP contribution in [-0.2, 0) is 0 Å². The van der Waals surface area contributed by atoms with Crippen molar-refractivity contribution < 1.29 is 14.4 Å². The van der Waals surface area contributed by atoms with Gasteiger partial charge in [0.2, 0.25) is 0 Å². The number of rotatable bonds is 3. The molecule has 6 heteroatoms. The molecule has 2 aliphatic heterocycles. The van der Waals surface area contributed by atoms with Gasteiger partial charge in [0.1, 0.15) is 0 Å². The van der Waals surface area contributed by atoms with E-state index in [0.29, 0.717) is 36.3 Å². The second kappa shape index (κ2) is 6.63. The van der Waals surface area contributed by atoms with Crippen molar-refractivity contribution in [2.75, 3.05) is 26.7 Å². The van der Waals surface area contributed by atoms with Gasteiger partial charge in [-0.15, -0.1) is 0 Å². The highest BCUT2D eigenvalue weighted by Gasteiger charge is 2.37. The molecule has 2 heterocycles. The molecular formula is C21H21N3O3. The molecule has 2 atom stereocenters. The molecule has 0 unspecified atom stereocenters. The van der Waals surface area contributed by atoms with Gasteiger partial charge < -0.3 is 10.6 Å². The zero-order valence-electron chi connectivity index (χ0n) is 15.1. The third-order valence-corrected chi connectivity index (χ3v) is 5.60. The topological polar surface area (TPSA) is 83.7 Å². The van der Waals surface area contributed by atoms with Crippen molar-refractivity contribution in [3.63, 3.8) is 0 Å². The Morgan fingerprint density at radius 2 is 1.74 bits per heavy atom. The molecule has 6 nitrogen and oxygen atoms in total. The molecule has 2 aromatic carbocycles. The van der Waals surface area contributed by atoms with Crippen LogP contribution in [0.4, 0.5) is 0 Å². The van der Waals surface area contributed by atoms with Crippen LogP contribution in [-0.4, -0.2) is 54.2 Å². The quantitative estimate of drug-likeness (QED) is 0.842. The van der Waals surface area contributed by atoms with E-state index in [9.17, 15) is 14.4 Å². The molecule has 1 fully saturated rings. The van der Waals surface area contributed by atoms with Crippen LogP contribution in [0.3, 0.4) is 0 Å². The van der Waals surface area contributed by atoms with Gasteiger partial charge in [0.15, 0.2) is 0 Å². The van der Waals surface area contributed by atoms with Gasteiger partial charge in [0.25, 0.3) is 17.7 Å². The molecule has 27 heavy (non-hydrogen) atoms. The Morgan fingerprint density at radius 3 is 2.44 bits per heavy atom. The Kier molecular flexibility index (Phi) is 4.28. The number of nitrogens with zero attached hydrogens (tertiary/aromatic N) is 2. The number of hydrogen-bond acceptors (Lipinski definition) is 4. The fourth-order valence-electron chi connectivity index (χ4n) is 4.03. The lowest BCUT2D eigenvalue weighted by Gasteiger charge is -2.17. The van der Waals surface area contributed by atoms with E-state index in [4.69, 9.17) is 5.73 Å². The summed E-state index contributed by atoms with van der Waals surface area (Å²) in [7, 11) is 1.45. The lowest BCUT2D eigenvalue weighted by Crippen LogP contribution is -2.30. The monoisotopic (exact) mass is 363 g/mol. The maximum absolute atomic E-state index is 13.0. The average molecular weight is 363 g/mol. The van der Waals surface area contributed by atoms with Gasteiger partial charge in [-0.05, 0) is 36.2 Å². The van der Waals surface area contributed by atoms with Crippen molar-refractivity contribution in [1.29, 1.82) is 0 Å². The normalized spacial score (nSPS) is 21.7. The van der Waals surface area contributed by atoms with Gasteiger partial charge in [0.05, 0.1) is 11.1 Å². The van der Waals surface area contributed by atoms with Crippen molar-refractivity contribution in [2.24, 2.45) is 11.7 Å². The molecule has 4 rings (SSSR count). The van der Waals surface area contributed by atoms with Gasteiger partial charge in [0, 0.05) is 31.6 Å². The summed E-state index contributed by atoms with van der Waals surface area (Å²) in [4.78, 5) is 40.1. The summed E-state index contributed by atoms with van der Waals surface area (Å²) >= 11 is 0. The van der Waals surface area contributed by atoms with Crippen molar-refractivity contribution in [2.45, 2.75) is 5.92 Å². The molecular weight excluding hydrogens is 342 g/mol. The number of imide groups is 1. The van der Waals surface area contributed by atoms with Crippen LogP contribution in [0.15, 0.2) is 48.5 Å². The van der Waals surface area contributed by atoms with Crippen molar-refractivity contribution >= 4 is 17.7 Å². The Bertz CT molecular complexity index is 926. The average Bonchev–Trinajstić information content (AvgIpc) is 3.24. The molecule has 0 bridgehead atoms. The summed E-state index contributed by atoms with van der Waals surface area (Å²) in [5.74, 6) is -0.441. The number of carbonyl (C=O) groups excluding carboxylic acids is 3. The third kappa shape index (κ3) is 2.82. The lowest BCUT2D eigenvalue weighted by molar-refractivity contribution is 0.0692. The number of carbonyl (C=O) groups is 3. The second-order valence-corrected chi connectivity index (χ2v) is 7.15. The molecule has 2 aliphatic rings. The summed E-state index contributed by atoms with van der Waals surface area (Å²) < 4.78 is 0. The Balaban J connectivity index is 1.59. The predicted molar refractivity (Wildman–Crippen MR) is 100 cm³/mol. The van der Waals surface area contributed by atoms with E-state index in [2.05, 4.69) is 12.1 Å². The lowest BCUT2D eigenvalue weighted by atomic mass is 9.89. The third-order valence-electron chi connectivity index (χ3n) is 5.60. The molecule has 3 amide bonds. The van der Waals surface area contributed by atoms with Gasteiger partial charge in [-0.2, -0.15) is 0 Å². The van der Waals surface area contributed by atoms with E-state index in [0.717, 1.165) is 4.90 Å². The molecule has 0 spiro atoms. The number of hydrogen-bond donors (Lipinski definition) is 1. The molecule has 0 aliphatic carbocycles. The number of benzene rings is 2. The molecule has 0 saturated carbocycles. The molecule has 0 aromatic heterocycles. The Hall–Kier alpha value is -2.99. The Labute approximate surface area is 157 Å². The summed E-state index contributed by atoms with van der Waals surface area (Å²) in [6.07, 6.45) is 0. The first kappa shape index (κ1) is 17.4. The first-order chi connectivity index (χ1) is 13.0. The first-order valence-corrected chi connectivity index (χ1v) is 9.02. The van der Waals surface area contributed by atoms with E-state index in [1.165, 1.54) is 18.7 Å². The van der Waals surface area contributed by atoms with Crippen LogP contribution in [0.5, 0.6) is 0 Å². The smallest absolute Gasteiger partial charge is 0.261 e. The van der Waals surface area contributed by atoms with Crippen LogP contribution < -0.4 is 5.73 Å². The highest BCUT2D eigenvalue weighted by Crippen LogP contribution is 2.33. The van der Waals surface area contributed by atoms with Gasteiger partial charge in [-0.25, -0.2) is 0 Å². The zero-order chi connectivity index (χ0) is 19.1. The molecule has 2 N–H and O–H groups in total. The zero-order valence-corrected chi connectivity index (χ0v) is 15.1. The number of fused-ring (bicyclic) bond motifs is 1. The van der Waals surface area contributed by atoms with E-state index < -0.39 is 0 Å². The van der Waals surface area contributed by atoms with Crippen LogP contribution in [0.1, 0.15) is 42.6 Å². The van der Waals surface area contributed by atoms with Crippen LogP contribution in [0, 0.1) is 5.92 Å². The minimum atomic E-state index is -0.368. The number of amides is 3. The highest BCUT2D eigenvalue weighted by atomic mass is 16.2. The number of likely N-dealkylation sites (tertiary alicyclic amines) is 1. The van der Waals surface area contributed by atoms with Crippen LogP contribution in [0.2, 0.25) is 0 Å². The van der Waals surface area contributed by atoms with E-state index >= 15 is 0 Å². The fourth-order valence-corrected chi connectivity index (χ4v) is 4.03. The largest absolute Gasteiger partial charge is 0.338 e. The first-order valence-electron chi connectivity index (χ1n) is 9.02. The molecule has 2 aromatic rings. The predicted octanol–water partition coefficient (Wildman–Crippen LogP) is 1.73. The van der Waals surface area contributed by atoms with Gasteiger partial charge >= 0.3 is 0 Å². The standard InChI is InChI=1S/C21H21N3O3/c1-23-20(26)16-8-7-14(9-17(16)21(23)27)19(25)24-11-15(10-22)18(12-24)13-5-3-2-4-6-13/h2-9,15,18H,10-12,22H2,1H3/t15-,18+/m1/s1. The molecule has 138 valence electrons. The maximum Gasteiger partial charge on any atom is 0.261 e. The number of nitrogens with two attached hydrogens (primary N) is 1. The minimum Gasteiger partial charge on any atom is -0.338 e. The summed E-state index contributed by atoms with van der Waals surface area (Å²) in [5, 5.41) is 0. The summed E-state index contributed by atoms with van der Waals surface area (Å²) in [5.41, 5.74) is 8.21. The van der Waals surface area contributed by atoms with E-state index in [1.807, 2.05) is 18.2 Å². The van der Waals surface area contributed by atoms with Crippen molar-refractivity contribution in [3.05, 3.63) is 70.8 Å². The molecule has 1 saturated heterocycles. The second-order valence-electron chi connectivity index (χ2n) is 7.15. The van der Waals surface area contributed by atoms with Crippen molar-refractivity contribution in [3.8, 4) is 0 Å². The van der Waals surface area contributed by atoms with Crippen LogP contribution >= 0.6 is 0 Å². The maximum atomic E-state index is 13.0.